The molecular weight excluding hydrogens is 626 g/mol. The Morgan fingerprint density at radius 1 is 1.18 bits per heavy atom. The number of nitrogens with one attached hydrogen (secondary N) is 2. The van der Waals surface area contributed by atoms with Crippen LogP contribution in [0, 0.1) is 16.0 Å². The Kier molecular flexibility index (Phi) is 11.3. The van der Waals surface area contributed by atoms with Crippen molar-refractivity contribution < 1.29 is 22.9 Å². The summed E-state index contributed by atoms with van der Waals surface area (Å²) in [5.41, 5.74) is 0.932. The maximum absolute atomic E-state index is 13.4. The third-order valence-corrected chi connectivity index (χ3v) is 8.61. The number of hydrogen-bond donors (Lipinski definition) is 2. The van der Waals surface area contributed by atoms with Crippen LogP contribution in [-0.4, -0.2) is 43.0 Å². The van der Waals surface area contributed by atoms with Gasteiger partial charge in [-0.3, -0.25) is 14.9 Å². The Labute approximate surface area is 268 Å². The molecule has 0 bridgehead atoms. The number of nitro groups is 1. The van der Waals surface area contributed by atoms with E-state index >= 15 is 0 Å². The minimum atomic E-state index is -4.49. The average molecular weight is 659 g/mol. The predicted octanol–water partition coefficient (Wildman–Crippen LogP) is 6.89. The first-order chi connectivity index (χ1) is 21.4. The molecule has 2 heterocycles. The van der Waals surface area contributed by atoms with Crippen molar-refractivity contribution in [1.82, 2.24) is 19.8 Å². The molecule has 1 amide bonds. The molecule has 0 unspecified atom stereocenters. The molecule has 4 aromatic rings. The van der Waals surface area contributed by atoms with Gasteiger partial charge in [-0.2, -0.15) is 13.2 Å². The molecule has 2 aromatic heterocycles. The lowest BCUT2D eigenvalue weighted by molar-refractivity contribution is -0.384. The van der Waals surface area contributed by atoms with Gasteiger partial charge in [-0.15, -0.1) is 11.3 Å². The fourth-order valence-corrected chi connectivity index (χ4v) is 5.63. The van der Waals surface area contributed by atoms with E-state index in [1.54, 1.807) is 24.7 Å². The molecule has 0 aliphatic heterocycles. The third-order valence-electron chi connectivity index (χ3n) is 7.39. The molecule has 0 saturated carbocycles. The second kappa shape index (κ2) is 15.1. The highest BCUT2D eigenvalue weighted by atomic mass is 32.1. The van der Waals surface area contributed by atoms with E-state index in [1.165, 1.54) is 35.6 Å². The zero-order chi connectivity index (χ0) is 32.6. The van der Waals surface area contributed by atoms with Gasteiger partial charge in [0.2, 0.25) is 5.91 Å². The number of thiophene rings is 1. The summed E-state index contributed by atoms with van der Waals surface area (Å²) in [6.45, 7) is 5.17. The van der Waals surface area contributed by atoms with Gasteiger partial charge in [0.25, 0.3) is 5.69 Å². The van der Waals surface area contributed by atoms with Crippen LogP contribution in [0.2, 0.25) is 0 Å². The molecule has 0 spiro atoms. The van der Waals surface area contributed by atoms with E-state index in [-0.39, 0.29) is 40.8 Å². The summed E-state index contributed by atoms with van der Waals surface area (Å²) in [5.74, 6) is -0.167. The topological polar surface area (TPSA) is 105 Å². The zero-order valence-electron chi connectivity index (χ0n) is 24.7. The molecule has 238 valence electrons. The third kappa shape index (κ3) is 9.59. The summed E-state index contributed by atoms with van der Waals surface area (Å²) in [5, 5.41) is 19.3. The number of thiocarbonyl (C=S) groups is 1. The van der Waals surface area contributed by atoms with Crippen molar-refractivity contribution in [2.75, 3.05) is 11.9 Å². The molecule has 0 saturated heterocycles. The smallest absolute Gasteiger partial charge is 0.351 e. The number of rotatable bonds is 13. The van der Waals surface area contributed by atoms with Gasteiger partial charge in [-0.25, -0.2) is 4.98 Å². The Balaban J connectivity index is 1.47. The summed E-state index contributed by atoms with van der Waals surface area (Å²) in [4.78, 5) is 30.9. The van der Waals surface area contributed by atoms with Crippen LogP contribution >= 0.6 is 23.6 Å². The molecule has 2 N–H and O–H groups in total. The van der Waals surface area contributed by atoms with Crippen LogP contribution in [0.15, 0.2) is 78.6 Å². The van der Waals surface area contributed by atoms with Gasteiger partial charge in [0, 0.05) is 53.7 Å². The van der Waals surface area contributed by atoms with Gasteiger partial charge in [0.05, 0.1) is 29.8 Å². The van der Waals surface area contributed by atoms with Crippen molar-refractivity contribution in [3.05, 3.63) is 110 Å². The first kappa shape index (κ1) is 33.6. The van der Waals surface area contributed by atoms with Gasteiger partial charge in [0.15, 0.2) is 5.11 Å². The highest BCUT2D eigenvalue weighted by Crippen LogP contribution is 2.31. The fourth-order valence-electron chi connectivity index (χ4n) is 4.66. The number of halogens is 3. The quantitative estimate of drug-likeness (QED) is 0.0916. The molecule has 0 aliphatic rings. The second-order valence-corrected chi connectivity index (χ2v) is 12.1. The molecule has 14 heteroatoms. The molecule has 4 rings (SSSR count). The first-order valence-corrected chi connectivity index (χ1v) is 15.5. The number of hydrogen-bond acceptors (Lipinski definition) is 6. The van der Waals surface area contributed by atoms with Crippen molar-refractivity contribution in [2.45, 2.75) is 52.0 Å². The van der Waals surface area contributed by atoms with E-state index in [0.29, 0.717) is 25.3 Å². The van der Waals surface area contributed by atoms with Crippen molar-refractivity contribution >= 4 is 45.9 Å². The van der Waals surface area contributed by atoms with Gasteiger partial charge in [-0.05, 0) is 53.3 Å². The molecule has 2 atom stereocenters. The van der Waals surface area contributed by atoms with Crippen LogP contribution in [0.25, 0.3) is 0 Å². The van der Waals surface area contributed by atoms with E-state index in [2.05, 4.69) is 15.6 Å². The summed E-state index contributed by atoms with van der Waals surface area (Å²) < 4.78 is 41.7. The Bertz CT molecular complexity index is 1590. The molecule has 0 fully saturated rings. The van der Waals surface area contributed by atoms with Gasteiger partial charge >= 0.3 is 6.18 Å². The minimum Gasteiger partial charge on any atom is -0.351 e. The predicted molar refractivity (Wildman–Crippen MR) is 172 cm³/mol. The van der Waals surface area contributed by atoms with E-state index in [9.17, 15) is 28.1 Å². The van der Waals surface area contributed by atoms with Crippen LogP contribution < -0.4 is 10.6 Å². The van der Waals surface area contributed by atoms with Gasteiger partial charge in [-0.1, -0.05) is 44.5 Å². The van der Waals surface area contributed by atoms with E-state index in [1.807, 2.05) is 40.8 Å². The van der Waals surface area contributed by atoms with Crippen molar-refractivity contribution in [3.8, 4) is 0 Å². The number of nitrogens with zero attached hydrogens (tertiary/aromatic N) is 4. The van der Waals surface area contributed by atoms with Crippen LogP contribution in [0.1, 0.15) is 42.0 Å². The normalized spacial score (nSPS) is 12.7. The number of benzene rings is 2. The molecule has 0 radical (unpaired) electrons. The van der Waals surface area contributed by atoms with Crippen molar-refractivity contribution in [1.29, 1.82) is 0 Å². The number of non-ortho nitro benzene ring substituents is 1. The fraction of sp³-hybridized carbons (Fsp3) is 0.323. The summed E-state index contributed by atoms with van der Waals surface area (Å²) in [6.07, 6.45) is -0.447. The van der Waals surface area contributed by atoms with Crippen molar-refractivity contribution in [2.24, 2.45) is 5.92 Å². The summed E-state index contributed by atoms with van der Waals surface area (Å²) >= 11 is 7.23. The summed E-state index contributed by atoms with van der Waals surface area (Å²) in [7, 11) is 0. The molecule has 9 nitrogen and oxygen atoms in total. The Morgan fingerprint density at radius 2 is 1.93 bits per heavy atom. The van der Waals surface area contributed by atoms with Crippen molar-refractivity contribution in [3.63, 3.8) is 0 Å². The SMILES string of the molecule is CC[C@H](C)[C@@H](CN(Cc1cccs1)C(=S)Nc1cccc(C(F)(F)F)c1)NC(=O)Cc1cncn1Cc1ccc([N+](=O)[O-])cc1. The zero-order valence-corrected chi connectivity index (χ0v) is 26.3. The van der Waals surface area contributed by atoms with Crippen LogP contribution in [0.4, 0.5) is 24.5 Å². The van der Waals surface area contributed by atoms with Crippen LogP contribution in [0.3, 0.4) is 0 Å². The number of carbonyl (C=O) groups is 1. The Hall–Kier alpha value is -4.30. The Morgan fingerprint density at radius 3 is 2.58 bits per heavy atom. The van der Waals surface area contributed by atoms with E-state index < -0.39 is 16.7 Å². The first-order valence-electron chi connectivity index (χ1n) is 14.2. The van der Waals surface area contributed by atoms with Crippen LogP contribution in [-0.2, 0) is 30.5 Å². The largest absolute Gasteiger partial charge is 0.416 e. The molecule has 45 heavy (non-hydrogen) atoms. The van der Waals surface area contributed by atoms with E-state index in [0.717, 1.165) is 29.0 Å². The lowest BCUT2D eigenvalue weighted by Crippen LogP contribution is -2.50. The molecule has 0 aliphatic carbocycles. The van der Waals surface area contributed by atoms with Gasteiger partial charge < -0.3 is 20.1 Å². The highest BCUT2D eigenvalue weighted by Gasteiger charge is 2.31. The average Bonchev–Trinajstić information content (AvgIpc) is 3.68. The maximum Gasteiger partial charge on any atom is 0.416 e. The maximum atomic E-state index is 13.4. The lowest BCUT2D eigenvalue weighted by Gasteiger charge is -2.33. The van der Waals surface area contributed by atoms with Gasteiger partial charge in [0.1, 0.15) is 0 Å². The minimum absolute atomic E-state index is 0.00213. The van der Waals surface area contributed by atoms with Crippen LogP contribution in [0.5, 0.6) is 0 Å². The monoisotopic (exact) mass is 658 g/mol. The number of nitro benzene ring substituents is 1. The number of amides is 1. The second-order valence-electron chi connectivity index (χ2n) is 10.6. The van der Waals surface area contributed by atoms with E-state index in [4.69, 9.17) is 12.2 Å². The summed E-state index contributed by atoms with van der Waals surface area (Å²) in [6, 6.07) is 14.6. The lowest BCUT2D eigenvalue weighted by atomic mass is 9.98. The number of anilines is 1. The number of imidazole rings is 1. The molecular formula is C31H33F3N6O3S2. The number of aromatic nitrogens is 2. The number of carbonyl (C=O) groups excluding carboxylic acids is 1. The highest BCUT2D eigenvalue weighted by molar-refractivity contribution is 7.80. The number of alkyl halides is 3. The standard InChI is InChI=1S/C31H33F3N6O3S2/c1-3-21(2)28(37-29(41)15-26-16-35-20-39(26)17-22-9-11-25(12-10-22)40(42)43)19-38(18-27-8-5-13-45-27)30(44)36-24-7-4-6-23(14-24)31(32,33)34/h4-14,16,20-21,28H,3,15,17-19H2,1-2H3,(H,36,44)(H,37,41)/t21-,28+/m0/s1. The molecule has 2 aromatic carbocycles.